The summed E-state index contributed by atoms with van der Waals surface area (Å²) in [6.45, 7) is 9.86. The van der Waals surface area contributed by atoms with E-state index in [1.807, 2.05) is 6.92 Å². The van der Waals surface area contributed by atoms with Crippen molar-refractivity contribution >= 4 is 5.97 Å². The van der Waals surface area contributed by atoms with Crippen LogP contribution in [-0.4, -0.2) is 49.2 Å². The predicted molar refractivity (Wildman–Crippen MR) is 76.0 cm³/mol. The van der Waals surface area contributed by atoms with Crippen LogP contribution in [0.3, 0.4) is 0 Å². The molecule has 1 atom stereocenters. The summed E-state index contributed by atoms with van der Waals surface area (Å²) in [7, 11) is 1.48. The van der Waals surface area contributed by atoms with Crippen molar-refractivity contribution in [1.29, 1.82) is 0 Å². The van der Waals surface area contributed by atoms with Gasteiger partial charge in [0.05, 0.1) is 7.11 Å². The third-order valence-corrected chi connectivity index (χ3v) is 4.42. The first-order chi connectivity index (χ1) is 8.85. The SMILES string of the molecule is COC(=O)C(C)(CCN1CCC(C)(C)C1)NC1CC1. The van der Waals surface area contributed by atoms with E-state index in [1.165, 1.54) is 26.4 Å². The topological polar surface area (TPSA) is 41.6 Å². The maximum absolute atomic E-state index is 12.0. The molecule has 1 heterocycles. The molecule has 2 rings (SSSR count). The third-order valence-electron chi connectivity index (χ3n) is 4.42. The van der Waals surface area contributed by atoms with Crippen LogP contribution in [0.1, 0.15) is 46.5 Å². The molecule has 0 spiro atoms. The van der Waals surface area contributed by atoms with Crippen molar-refractivity contribution in [1.82, 2.24) is 10.2 Å². The lowest BCUT2D eigenvalue weighted by Crippen LogP contribution is -2.52. The fourth-order valence-corrected chi connectivity index (χ4v) is 2.93. The molecule has 1 saturated carbocycles. The Bertz CT molecular complexity index is 339. The van der Waals surface area contributed by atoms with E-state index < -0.39 is 5.54 Å². The minimum atomic E-state index is -0.525. The highest BCUT2D eigenvalue weighted by molar-refractivity contribution is 5.80. The molecule has 1 saturated heterocycles. The summed E-state index contributed by atoms with van der Waals surface area (Å²) < 4.78 is 4.98. The van der Waals surface area contributed by atoms with Gasteiger partial charge in [0.25, 0.3) is 0 Å². The monoisotopic (exact) mass is 268 g/mol. The van der Waals surface area contributed by atoms with Gasteiger partial charge >= 0.3 is 5.97 Å². The zero-order chi connectivity index (χ0) is 14.1. The van der Waals surface area contributed by atoms with E-state index in [0.717, 1.165) is 26.1 Å². The predicted octanol–water partition coefficient (Wildman–Crippen LogP) is 1.79. The number of likely N-dealkylation sites (tertiary alicyclic amines) is 1. The van der Waals surface area contributed by atoms with E-state index in [4.69, 9.17) is 4.74 Å². The Morgan fingerprint density at radius 3 is 2.63 bits per heavy atom. The molecule has 2 fully saturated rings. The van der Waals surface area contributed by atoms with Crippen LogP contribution >= 0.6 is 0 Å². The van der Waals surface area contributed by atoms with Crippen molar-refractivity contribution in [2.75, 3.05) is 26.7 Å². The van der Waals surface area contributed by atoms with E-state index in [0.29, 0.717) is 11.5 Å². The maximum atomic E-state index is 12.0. The van der Waals surface area contributed by atoms with Gasteiger partial charge in [0.2, 0.25) is 0 Å². The molecule has 1 unspecified atom stereocenters. The Morgan fingerprint density at radius 2 is 2.16 bits per heavy atom. The Balaban J connectivity index is 1.87. The Kier molecular flexibility index (Phi) is 4.21. The van der Waals surface area contributed by atoms with Crippen molar-refractivity contribution in [2.45, 2.75) is 58.0 Å². The van der Waals surface area contributed by atoms with Gasteiger partial charge in [-0.25, -0.2) is 0 Å². The molecule has 1 aliphatic heterocycles. The van der Waals surface area contributed by atoms with E-state index in [9.17, 15) is 4.79 Å². The summed E-state index contributed by atoms with van der Waals surface area (Å²) in [6.07, 6.45) is 4.44. The molecular weight excluding hydrogens is 240 g/mol. The normalized spacial score (nSPS) is 26.1. The van der Waals surface area contributed by atoms with Gasteiger partial charge in [0.15, 0.2) is 0 Å². The number of hydrogen-bond donors (Lipinski definition) is 1. The molecule has 0 aromatic carbocycles. The first-order valence-electron chi connectivity index (χ1n) is 7.43. The molecule has 0 amide bonds. The second-order valence-electron chi connectivity index (χ2n) is 7.18. The van der Waals surface area contributed by atoms with Crippen LogP contribution in [0.15, 0.2) is 0 Å². The van der Waals surface area contributed by atoms with Gasteiger partial charge in [-0.3, -0.25) is 10.1 Å². The van der Waals surface area contributed by atoms with Crippen molar-refractivity contribution in [3.05, 3.63) is 0 Å². The lowest BCUT2D eigenvalue weighted by molar-refractivity contribution is -0.148. The number of nitrogens with one attached hydrogen (secondary N) is 1. The fraction of sp³-hybridized carbons (Fsp3) is 0.933. The average molecular weight is 268 g/mol. The van der Waals surface area contributed by atoms with Crippen molar-refractivity contribution in [3.63, 3.8) is 0 Å². The molecule has 19 heavy (non-hydrogen) atoms. The van der Waals surface area contributed by atoms with Crippen LogP contribution in [0.2, 0.25) is 0 Å². The van der Waals surface area contributed by atoms with Crippen LogP contribution in [-0.2, 0) is 9.53 Å². The minimum Gasteiger partial charge on any atom is -0.468 e. The number of methoxy groups -OCH3 is 1. The zero-order valence-corrected chi connectivity index (χ0v) is 12.8. The van der Waals surface area contributed by atoms with Crippen LogP contribution in [0.5, 0.6) is 0 Å². The Labute approximate surface area is 116 Å². The van der Waals surface area contributed by atoms with Crippen LogP contribution < -0.4 is 5.32 Å². The highest BCUT2D eigenvalue weighted by atomic mass is 16.5. The summed E-state index contributed by atoms with van der Waals surface area (Å²) in [5.74, 6) is -0.127. The van der Waals surface area contributed by atoms with Crippen molar-refractivity contribution in [2.24, 2.45) is 5.41 Å². The molecule has 4 nitrogen and oxygen atoms in total. The van der Waals surface area contributed by atoms with Gasteiger partial charge in [-0.15, -0.1) is 0 Å². The number of esters is 1. The van der Waals surface area contributed by atoms with Crippen LogP contribution in [0.4, 0.5) is 0 Å². The highest BCUT2D eigenvalue weighted by Gasteiger charge is 2.40. The van der Waals surface area contributed by atoms with Crippen LogP contribution in [0, 0.1) is 5.41 Å². The third kappa shape index (κ3) is 3.93. The second kappa shape index (κ2) is 5.41. The van der Waals surface area contributed by atoms with Gasteiger partial charge in [-0.2, -0.15) is 0 Å². The quantitative estimate of drug-likeness (QED) is 0.746. The van der Waals surface area contributed by atoms with Gasteiger partial charge < -0.3 is 9.64 Å². The zero-order valence-electron chi connectivity index (χ0n) is 12.8. The van der Waals surface area contributed by atoms with Gasteiger partial charge in [-0.1, -0.05) is 13.8 Å². The minimum absolute atomic E-state index is 0.127. The number of rotatable bonds is 6. The average Bonchev–Trinajstić information content (AvgIpc) is 3.08. The largest absolute Gasteiger partial charge is 0.468 e. The summed E-state index contributed by atoms with van der Waals surface area (Å²) in [5, 5.41) is 3.46. The number of ether oxygens (including phenoxy) is 1. The van der Waals surface area contributed by atoms with E-state index in [2.05, 4.69) is 24.1 Å². The summed E-state index contributed by atoms with van der Waals surface area (Å²) in [5.41, 5.74) is -0.103. The van der Waals surface area contributed by atoms with E-state index in [-0.39, 0.29) is 5.97 Å². The lowest BCUT2D eigenvalue weighted by atomic mass is 9.93. The molecule has 4 heteroatoms. The van der Waals surface area contributed by atoms with E-state index in [1.54, 1.807) is 0 Å². The second-order valence-corrected chi connectivity index (χ2v) is 7.18. The molecule has 110 valence electrons. The van der Waals surface area contributed by atoms with Gasteiger partial charge in [0.1, 0.15) is 5.54 Å². The summed E-state index contributed by atoms with van der Waals surface area (Å²) in [4.78, 5) is 14.5. The molecule has 0 bridgehead atoms. The van der Waals surface area contributed by atoms with Crippen molar-refractivity contribution in [3.8, 4) is 0 Å². The van der Waals surface area contributed by atoms with Gasteiger partial charge in [0, 0.05) is 19.1 Å². The van der Waals surface area contributed by atoms with Crippen LogP contribution in [0.25, 0.3) is 0 Å². The molecule has 0 aromatic rings. The Morgan fingerprint density at radius 1 is 1.47 bits per heavy atom. The fourth-order valence-electron chi connectivity index (χ4n) is 2.93. The molecule has 0 radical (unpaired) electrons. The molecule has 0 aromatic heterocycles. The summed E-state index contributed by atoms with van der Waals surface area (Å²) >= 11 is 0. The maximum Gasteiger partial charge on any atom is 0.325 e. The lowest BCUT2D eigenvalue weighted by Gasteiger charge is -2.30. The number of carbonyl (C=O) groups excluding carboxylic acids is 1. The number of nitrogens with zero attached hydrogens (tertiary/aromatic N) is 1. The first kappa shape index (κ1) is 14.8. The smallest absolute Gasteiger partial charge is 0.325 e. The van der Waals surface area contributed by atoms with Gasteiger partial charge in [-0.05, 0) is 44.6 Å². The van der Waals surface area contributed by atoms with Crippen molar-refractivity contribution < 1.29 is 9.53 Å². The van der Waals surface area contributed by atoms with E-state index >= 15 is 0 Å². The standard InChI is InChI=1S/C15H28N2O2/c1-14(2)7-9-17(11-14)10-8-15(3,13(18)19-4)16-12-5-6-12/h12,16H,5-11H2,1-4H3. The Hall–Kier alpha value is -0.610. The molecule has 1 N–H and O–H groups in total. The number of hydrogen-bond acceptors (Lipinski definition) is 4. The molecule has 2 aliphatic rings. The highest BCUT2D eigenvalue weighted by Crippen LogP contribution is 2.30. The summed E-state index contributed by atoms with van der Waals surface area (Å²) in [6, 6.07) is 0.513. The molecule has 1 aliphatic carbocycles. The first-order valence-corrected chi connectivity index (χ1v) is 7.43. The number of carbonyl (C=O) groups is 1. The molecular formula is C15H28N2O2.